The van der Waals surface area contributed by atoms with Crippen LogP contribution in [0, 0.1) is 0 Å². The van der Waals surface area contributed by atoms with E-state index in [9.17, 15) is 19.4 Å². The number of unbranched alkanes of at least 4 members (excludes halogenated alkanes) is 53. The van der Waals surface area contributed by atoms with E-state index < -0.39 is 20.0 Å². The molecule has 0 spiro atoms. The zero-order valence-corrected chi connectivity index (χ0v) is 61.8. The molecule has 0 aliphatic rings. The lowest BCUT2D eigenvalue weighted by Gasteiger charge is -2.25. The minimum Gasteiger partial charge on any atom is -0.387 e. The van der Waals surface area contributed by atoms with Crippen LogP contribution >= 0.6 is 7.82 Å². The van der Waals surface area contributed by atoms with Gasteiger partial charge in [0.1, 0.15) is 13.2 Å². The largest absolute Gasteiger partial charge is 0.472 e. The Bertz CT molecular complexity index is 1650. The van der Waals surface area contributed by atoms with Crippen molar-refractivity contribution in [2.24, 2.45) is 0 Å². The van der Waals surface area contributed by atoms with Gasteiger partial charge in [-0.15, -0.1) is 0 Å². The standard InChI is InChI=1S/C81H155N2O6P/c1-6-8-10-12-14-16-18-20-22-24-26-28-30-32-34-35-36-37-38-39-40-41-42-43-44-45-46-47-49-51-53-55-57-59-61-63-65-67-69-71-73-75-81(85)82-79(78-89-90(86,87)88-77-76-83(3,4)5)80(84)74-72-70-68-66-64-62-60-58-56-54-52-50-48-33-31-29-27-25-23-21-19-17-15-13-11-9-7-2/h18,20,24,26,56,58,64,66,72,74,79-80,84H,6-17,19,21-23,25,27-55,57,59-63,65,67-71,73,75-78H2,1-5H3,(H-,82,85,86,87)/p+1/b20-18-,26-24-,58-56+,66-64+,74-72+. The molecule has 3 atom stereocenters. The van der Waals surface area contributed by atoms with Gasteiger partial charge in [0, 0.05) is 6.42 Å². The third-order valence-corrected chi connectivity index (χ3v) is 19.2. The number of nitrogens with one attached hydrogen (secondary N) is 1. The van der Waals surface area contributed by atoms with E-state index in [1.54, 1.807) is 6.08 Å². The molecule has 0 aromatic heterocycles. The molecule has 90 heavy (non-hydrogen) atoms. The molecule has 3 unspecified atom stereocenters. The first kappa shape index (κ1) is 88.2. The second-order valence-corrected chi connectivity index (χ2v) is 29.9. The average Bonchev–Trinajstić information content (AvgIpc) is 3.09. The first-order valence-corrected chi connectivity index (χ1v) is 41.2. The van der Waals surface area contributed by atoms with Crippen molar-refractivity contribution in [3.63, 3.8) is 0 Å². The molecule has 0 bridgehead atoms. The van der Waals surface area contributed by atoms with Crippen LogP contribution in [0.3, 0.4) is 0 Å². The van der Waals surface area contributed by atoms with Crippen LogP contribution in [-0.4, -0.2) is 73.4 Å². The van der Waals surface area contributed by atoms with Gasteiger partial charge in [0.05, 0.1) is 39.9 Å². The highest BCUT2D eigenvalue weighted by molar-refractivity contribution is 7.47. The lowest BCUT2D eigenvalue weighted by atomic mass is 10.0. The Morgan fingerprint density at radius 2 is 0.644 bits per heavy atom. The van der Waals surface area contributed by atoms with Gasteiger partial charge in [0.2, 0.25) is 5.91 Å². The van der Waals surface area contributed by atoms with Crippen molar-refractivity contribution in [1.82, 2.24) is 5.32 Å². The summed E-state index contributed by atoms with van der Waals surface area (Å²) in [5.41, 5.74) is 0. The fourth-order valence-electron chi connectivity index (χ4n) is 12.1. The number of aliphatic hydroxyl groups excluding tert-OH is 1. The van der Waals surface area contributed by atoms with Gasteiger partial charge in [-0.1, -0.05) is 376 Å². The predicted octanol–water partition coefficient (Wildman–Crippen LogP) is 25.9. The second kappa shape index (κ2) is 71.5. The van der Waals surface area contributed by atoms with Crippen molar-refractivity contribution < 1.29 is 32.9 Å². The first-order valence-electron chi connectivity index (χ1n) is 39.7. The number of phosphoric acid groups is 1. The maximum absolute atomic E-state index is 13.1. The SMILES string of the molecule is CCCCCCC/C=C\C/C=C\CCCCCCCCCCCCCCCCCCCCCCCCCCCCCCCC(=O)NC(COP(=O)(O)OCC[N+](C)(C)C)C(O)/C=C/CC/C=C/CC/C=C/CCCCCCCCCCCCCCCCCCC. The van der Waals surface area contributed by atoms with Crippen LogP contribution in [0.4, 0.5) is 0 Å². The Labute approximate surface area is 562 Å². The molecule has 0 aliphatic carbocycles. The molecule has 1 amide bonds. The number of carbonyl (C=O) groups excluding carboxylic acids is 1. The molecule has 530 valence electrons. The van der Waals surface area contributed by atoms with Gasteiger partial charge in [0.25, 0.3) is 0 Å². The highest BCUT2D eigenvalue weighted by Crippen LogP contribution is 2.43. The number of phosphoric ester groups is 1. The molecular weight excluding hydrogens is 1130 g/mol. The number of hydrogen-bond acceptors (Lipinski definition) is 5. The van der Waals surface area contributed by atoms with E-state index in [1.165, 1.54) is 327 Å². The lowest BCUT2D eigenvalue weighted by molar-refractivity contribution is -0.870. The van der Waals surface area contributed by atoms with Gasteiger partial charge >= 0.3 is 7.82 Å². The third kappa shape index (κ3) is 73.6. The molecule has 8 nitrogen and oxygen atoms in total. The number of carbonyl (C=O) groups is 1. The van der Waals surface area contributed by atoms with Gasteiger partial charge in [-0.05, 0) is 77.0 Å². The fourth-order valence-corrected chi connectivity index (χ4v) is 12.8. The second-order valence-electron chi connectivity index (χ2n) is 28.4. The normalized spacial score (nSPS) is 13.8. The van der Waals surface area contributed by atoms with Crippen LogP contribution in [0.15, 0.2) is 60.8 Å². The van der Waals surface area contributed by atoms with Crippen molar-refractivity contribution in [3.05, 3.63) is 60.8 Å². The van der Waals surface area contributed by atoms with E-state index >= 15 is 0 Å². The highest BCUT2D eigenvalue weighted by Gasteiger charge is 2.28. The van der Waals surface area contributed by atoms with E-state index in [-0.39, 0.29) is 19.1 Å². The summed E-state index contributed by atoms with van der Waals surface area (Å²) in [5.74, 6) is -0.183. The van der Waals surface area contributed by atoms with E-state index in [4.69, 9.17) is 9.05 Å². The summed E-state index contributed by atoms with van der Waals surface area (Å²) in [5, 5.41) is 14.0. The number of rotatable bonds is 74. The molecule has 0 rings (SSSR count). The van der Waals surface area contributed by atoms with Gasteiger partial charge in [-0.2, -0.15) is 0 Å². The Balaban J connectivity index is 3.96. The van der Waals surface area contributed by atoms with E-state index in [0.29, 0.717) is 17.4 Å². The maximum atomic E-state index is 13.1. The predicted molar refractivity (Wildman–Crippen MR) is 397 cm³/mol. The lowest BCUT2D eigenvalue weighted by Crippen LogP contribution is -2.45. The first-order chi connectivity index (χ1) is 44.0. The number of quaternary nitrogens is 1. The molecule has 0 aliphatic heterocycles. The number of nitrogens with zero attached hydrogens (tertiary/aromatic N) is 1. The highest BCUT2D eigenvalue weighted by atomic mass is 31.2. The number of hydrogen-bond donors (Lipinski definition) is 3. The Hall–Kier alpha value is -1.80. The van der Waals surface area contributed by atoms with Crippen molar-refractivity contribution in [1.29, 1.82) is 0 Å². The summed E-state index contributed by atoms with van der Waals surface area (Å²) < 4.78 is 23.8. The molecule has 0 saturated heterocycles. The third-order valence-electron chi connectivity index (χ3n) is 18.2. The van der Waals surface area contributed by atoms with E-state index in [2.05, 4.69) is 67.8 Å². The maximum Gasteiger partial charge on any atom is 0.472 e. The van der Waals surface area contributed by atoms with E-state index in [1.807, 2.05) is 27.2 Å². The molecule has 0 aromatic carbocycles. The monoisotopic (exact) mass is 1280 g/mol. The van der Waals surface area contributed by atoms with Gasteiger partial charge in [-0.25, -0.2) is 4.57 Å². The molecule has 0 radical (unpaired) electrons. The number of aliphatic hydroxyl groups is 1. The van der Waals surface area contributed by atoms with Crippen molar-refractivity contribution in [2.75, 3.05) is 40.9 Å². The molecule has 3 N–H and O–H groups in total. The summed E-state index contributed by atoms with van der Waals surface area (Å²) >= 11 is 0. The molecule has 0 heterocycles. The quantitative estimate of drug-likeness (QED) is 0.0243. The zero-order chi connectivity index (χ0) is 65.5. The smallest absolute Gasteiger partial charge is 0.387 e. The molecule has 0 saturated carbocycles. The van der Waals surface area contributed by atoms with Crippen molar-refractivity contribution >= 4 is 13.7 Å². The summed E-state index contributed by atoms with van der Waals surface area (Å²) in [6.07, 6.45) is 100.0. The Morgan fingerprint density at radius 3 is 0.956 bits per heavy atom. The minimum atomic E-state index is -4.37. The van der Waals surface area contributed by atoms with Gasteiger partial charge in [-0.3, -0.25) is 13.8 Å². The Morgan fingerprint density at radius 1 is 0.378 bits per heavy atom. The average molecular weight is 1290 g/mol. The summed E-state index contributed by atoms with van der Waals surface area (Å²) in [6, 6.07) is -0.872. The summed E-state index contributed by atoms with van der Waals surface area (Å²) in [6.45, 7) is 4.83. The zero-order valence-electron chi connectivity index (χ0n) is 60.9. The topological polar surface area (TPSA) is 105 Å². The molecule has 9 heteroatoms. The Kier molecular flexibility index (Phi) is 70.1. The molecule has 0 fully saturated rings. The fraction of sp³-hybridized carbons (Fsp3) is 0.864. The summed E-state index contributed by atoms with van der Waals surface area (Å²) in [7, 11) is 1.56. The van der Waals surface area contributed by atoms with Gasteiger partial charge in [0.15, 0.2) is 0 Å². The number of likely N-dealkylation sites (N-methyl/N-ethyl adjacent to an activating group) is 1. The van der Waals surface area contributed by atoms with Crippen LogP contribution in [-0.2, 0) is 18.4 Å². The van der Waals surface area contributed by atoms with Crippen LogP contribution in [0.5, 0.6) is 0 Å². The number of allylic oxidation sites excluding steroid dienone is 9. The minimum absolute atomic E-state index is 0.0544. The number of amides is 1. The summed E-state index contributed by atoms with van der Waals surface area (Å²) in [4.78, 5) is 23.5. The van der Waals surface area contributed by atoms with E-state index in [0.717, 1.165) is 51.4 Å². The van der Waals surface area contributed by atoms with Gasteiger partial charge < -0.3 is 19.8 Å². The van der Waals surface area contributed by atoms with Crippen LogP contribution in [0.2, 0.25) is 0 Å². The van der Waals surface area contributed by atoms with Crippen LogP contribution in [0.25, 0.3) is 0 Å². The van der Waals surface area contributed by atoms with Crippen LogP contribution in [0.1, 0.15) is 399 Å². The van der Waals surface area contributed by atoms with Crippen molar-refractivity contribution in [2.45, 2.75) is 411 Å². The van der Waals surface area contributed by atoms with Crippen LogP contribution < -0.4 is 5.32 Å². The van der Waals surface area contributed by atoms with Crippen molar-refractivity contribution in [3.8, 4) is 0 Å². The molecule has 0 aromatic rings. The molecular formula is C81H156N2O6P+.